The van der Waals surface area contributed by atoms with Crippen LogP contribution in [-0.2, 0) is 11.3 Å². The Bertz CT molecular complexity index is 668. The van der Waals surface area contributed by atoms with Gasteiger partial charge in [0.25, 0.3) is 0 Å². The summed E-state index contributed by atoms with van der Waals surface area (Å²) in [6.45, 7) is 3.72. The summed E-state index contributed by atoms with van der Waals surface area (Å²) in [5, 5.41) is 3.84. The van der Waals surface area contributed by atoms with Crippen molar-refractivity contribution in [1.82, 2.24) is 9.88 Å². The Kier molecular flexibility index (Phi) is 5.56. The first-order valence-electron chi connectivity index (χ1n) is 6.80. The molecule has 112 valence electrons. The highest BCUT2D eigenvalue weighted by Crippen LogP contribution is 2.20. The molecule has 0 aliphatic heterocycles. The van der Waals surface area contributed by atoms with E-state index in [-0.39, 0.29) is 5.43 Å². The molecule has 0 saturated heterocycles. The molecule has 0 unspecified atom stereocenters. The van der Waals surface area contributed by atoms with Crippen molar-refractivity contribution < 1.29 is 4.74 Å². The van der Waals surface area contributed by atoms with Gasteiger partial charge in [0.1, 0.15) is 0 Å². The van der Waals surface area contributed by atoms with Gasteiger partial charge in [0.15, 0.2) is 5.43 Å². The van der Waals surface area contributed by atoms with Crippen LogP contribution in [0, 0.1) is 6.92 Å². The fourth-order valence-corrected chi connectivity index (χ4v) is 2.34. The molecule has 0 saturated carbocycles. The lowest BCUT2D eigenvalue weighted by Crippen LogP contribution is -2.24. The lowest BCUT2D eigenvalue weighted by Gasteiger charge is -2.14. The molecule has 0 aliphatic carbocycles. The first-order valence-corrected chi connectivity index (χ1v) is 7.18. The van der Waals surface area contributed by atoms with Gasteiger partial charge in [-0.2, -0.15) is 0 Å². The fraction of sp³-hybridized carbons (Fsp3) is 0.312. The van der Waals surface area contributed by atoms with E-state index in [9.17, 15) is 4.79 Å². The van der Waals surface area contributed by atoms with Crippen LogP contribution in [0.25, 0.3) is 5.69 Å². The zero-order valence-corrected chi connectivity index (χ0v) is 13.0. The molecule has 1 aromatic carbocycles. The number of halogens is 1. The second kappa shape index (κ2) is 7.41. The van der Waals surface area contributed by atoms with E-state index in [1.165, 1.54) is 0 Å². The summed E-state index contributed by atoms with van der Waals surface area (Å²) in [5.74, 6) is 0. The highest BCUT2D eigenvalue weighted by molar-refractivity contribution is 6.32. The van der Waals surface area contributed by atoms with Crippen LogP contribution in [0.5, 0.6) is 0 Å². The molecular formula is C16H19ClN2O2. The van der Waals surface area contributed by atoms with Gasteiger partial charge in [-0.15, -0.1) is 0 Å². The SMILES string of the molecule is COCCNCc1cn(-c2ccccc2Cl)c(C)cc1=O. The van der Waals surface area contributed by atoms with E-state index in [4.69, 9.17) is 16.3 Å². The van der Waals surface area contributed by atoms with Crippen molar-refractivity contribution in [2.75, 3.05) is 20.3 Å². The molecule has 0 amide bonds. The maximum atomic E-state index is 12.1. The van der Waals surface area contributed by atoms with Gasteiger partial charge in [0.2, 0.25) is 0 Å². The first-order chi connectivity index (χ1) is 10.1. The summed E-state index contributed by atoms with van der Waals surface area (Å²) >= 11 is 6.24. The molecule has 2 rings (SSSR count). The van der Waals surface area contributed by atoms with E-state index >= 15 is 0 Å². The second-order valence-electron chi connectivity index (χ2n) is 4.80. The number of nitrogens with one attached hydrogen (secondary N) is 1. The van der Waals surface area contributed by atoms with E-state index in [1.807, 2.05) is 42.0 Å². The molecule has 1 heterocycles. The monoisotopic (exact) mass is 306 g/mol. The van der Waals surface area contributed by atoms with Crippen LogP contribution in [0.15, 0.2) is 41.3 Å². The fourth-order valence-electron chi connectivity index (χ4n) is 2.11. The minimum absolute atomic E-state index is 0.0284. The molecule has 21 heavy (non-hydrogen) atoms. The van der Waals surface area contributed by atoms with Gasteiger partial charge < -0.3 is 14.6 Å². The van der Waals surface area contributed by atoms with Crippen LogP contribution in [0.3, 0.4) is 0 Å². The Balaban J connectivity index is 2.31. The highest BCUT2D eigenvalue weighted by Gasteiger charge is 2.07. The first kappa shape index (κ1) is 15.8. The van der Waals surface area contributed by atoms with Crippen molar-refractivity contribution in [1.29, 1.82) is 0 Å². The zero-order valence-electron chi connectivity index (χ0n) is 12.2. The van der Waals surface area contributed by atoms with E-state index < -0.39 is 0 Å². The van der Waals surface area contributed by atoms with Crippen molar-refractivity contribution in [2.24, 2.45) is 0 Å². The molecule has 0 spiro atoms. The van der Waals surface area contributed by atoms with Gasteiger partial charge in [-0.05, 0) is 19.1 Å². The number of benzene rings is 1. The summed E-state index contributed by atoms with van der Waals surface area (Å²) in [6, 6.07) is 9.22. The number of pyridine rings is 1. The third-order valence-corrected chi connectivity index (χ3v) is 3.55. The summed E-state index contributed by atoms with van der Waals surface area (Å²) in [6.07, 6.45) is 1.85. The van der Waals surface area contributed by atoms with E-state index in [0.717, 1.165) is 11.4 Å². The smallest absolute Gasteiger partial charge is 0.186 e. The van der Waals surface area contributed by atoms with Crippen LogP contribution in [-0.4, -0.2) is 24.8 Å². The Morgan fingerprint density at radius 3 is 2.81 bits per heavy atom. The number of nitrogens with zero attached hydrogens (tertiary/aromatic N) is 1. The number of ether oxygens (including phenoxy) is 1. The summed E-state index contributed by atoms with van der Waals surface area (Å²) in [5.41, 5.74) is 2.46. The molecule has 5 heteroatoms. The summed E-state index contributed by atoms with van der Waals surface area (Å²) in [4.78, 5) is 12.1. The Labute approximate surface area is 129 Å². The number of para-hydroxylation sites is 1. The van der Waals surface area contributed by atoms with Gasteiger partial charge in [0.05, 0.1) is 17.3 Å². The number of aryl methyl sites for hydroxylation is 1. The number of hydrogen-bond donors (Lipinski definition) is 1. The van der Waals surface area contributed by atoms with E-state index in [1.54, 1.807) is 13.2 Å². The van der Waals surface area contributed by atoms with Crippen LogP contribution in [0.1, 0.15) is 11.3 Å². The Morgan fingerprint density at radius 2 is 2.10 bits per heavy atom. The maximum Gasteiger partial charge on any atom is 0.186 e. The Hall–Kier alpha value is -1.62. The van der Waals surface area contributed by atoms with Crippen LogP contribution in [0.4, 0.5) is 0 Å². The third-order valence-electron chi connectivity index (χ3n) is 3.23. The van der Waals surface area contributed by atoms with Crippen LogP contribution in [0.2, 0.25) is 5.02 Å². The van der Waals surface area contributed by atoms with E-state index in [2.05, 4.69) is 5.32 Å². The minimum Gasteiger partial charge on any atom is -0.383 e. The van der Waals surface area contributed by atoms with Crippen molar-refractivity contribution in [2.45, 2.75) is 13.5 Å². The lowest BCUT2D eigenvalue weighted by atomic mass is 10.2. The average Bonchev–Trinajstić information content (AvgIpc) is 2.46. The molecule has 0 aliphatic rings. The van der Waals surface area contributed by atoms with Gasteiger partial charge in [-0.25, -0.2) is 0 Å². The lowest BCUT2D eigenvalue weighted by molar-refractivity contribution is 0.199. The topological polar surface area (TPSA) is 43.3 Å². The number of hydrogen-bond acceptors (Lipinski definition) is 3. The zero-order chi connectivity index (χ0) is 15.2. The van der Waals surface area contributed by atoms with Crippen molar-refractivity contribution >= 4 is 11.6 Å². The van der Waals surface area contributed by atoms with Gasteiger partial charge >= 0.3 is 0 Å². The molecule has 2 aromatic rings. The number of methoxy groups -OCH3 is 1. The predicted octanol–water partition coefficient (Wildman–Crippen LogP) is 2.54. The maximum absolute atomic E-state index is 12.1. The third kappa shape index (κ3) is 3.94. The van der Waals surface area contributed by atoms with Crippen molar-refractivity contribution in [3.05, 3.63) is 63.0 Å². The summed E-state index contributed by atoms with van der Waals surface area (Å²) in [7, 11) is 1.65. The quantitative estimate of drug-likeness (QED) is 0.834. The second-order valence-corrected chi connectivity index (χ2v) is 5.20. The highest BCUT2D eigenvalue weighted by atomic mass is 35.5. The van der Waals surface area contributed by atoms with Gasteiger partial charge in [-0.1, -0.05) is 23.7 Å². The normalized spacial score (nSPS) is 10.8. The van der Waals surface area contributed by atoms with Crippen molar-refractivity contribution in [3.63, 3.8) is 0 Å². The molecule has 0 radical (unpaired) electrons. The van der Waals surface area contributed by atoms with Gasteiger partial charge in [0, 0.05) is 43.7 Å². The molecule has 1 aromatic heterocycles. The van der Waals surface area contributed by atoms with Crippen LogP contribution >= 0.6 is 11.6 Å². The molecule has 4 nitrogen and oxygen atoms in total. The number of rotatable bonds is 6. The molecular weight excluding hydrogens is 288 g/mol. The minimum atomic E-state index is 0.0284. The standard InChI is InChI=1S/C16H19ClN2O2/c1-12-9-16(20)13(10-18-7-8-21-2)11-19(12)15-6-4-3-5-14(15)17/h3-6,9,11,18H,7-8,10H2,1-2H3. The number of aromatic nitrogens is 1. The average molecular weight is 307 g/mol. The van der Waals surface area contributed by atoms with E-state index in [0.29, 0.717) is 30.3 Å². The molecule has 0 bridgehead atoms. The van der Waals surface area contributed by atoms with Gasteiger partial charge in [-0.3, -0.25) is 4.79 Å². The largest absolute Gasteiger partial charge is 0.383 e. The molecule has 0 fully saturated rings. The summed E-state index contributed by atoms with van der Waals surface area (Å²) < 4.78 is 6.92. The predicted molar refractivity (Wildman–Crippen MR) is 85.4 cm³/mol. The van der Waals surface area contributed by atoms with Crippen LogP contribution < -0.4 is 10.7 Å². The molecule has 1 N–H and O–H groups in total. The molecule has 0 atom stereocenters. The van der Waals surface area contributed by atoms with Crippen molar-refractivity contribution in [3.8, 4) is 5.69 Å². The Morgan fingerprint density at radius 1 is 1.33 bits per heavy atom.